The molecule has 12 heteroatoms. The lowest BCUT2D eigenvalue weighted by Gasteiger charge is -2.47. The van der Waals surface area contributed by atoms with Crippen LogP contribution in [0.3, 0.4) is 0 Å². The Bertz CT molecular complexity index is 5660. The molecule has 6 heterocycles. The lowest BCUT2D eigenvalue weighted by molar-refractivity contribution is 1.07. The summed E-state index contributed by atoms with van der Waals surface area (Å²) in [5.41, 5.74) is 27.4. The van der Waals surface area contributed by atoms with Crippen LogP contribution < -0.4 is 25.4 Å². The van der Waals surface area contributed by atoms with E-state index in [4.69, 9.17) is 24.9 Å². The second-order valence-electron chi connectivity index (χ2n) is 25.8. The molecular weight excluding hydrogens is 1320 g/mol. The highest BCUT2D eigenvalue weighted by molar-refractivity contribution is 9.10. The fourth-order valence-electron chi connectivity index (χ4n) is 15.1. The highest BCUT2D eigenvalue weighted by Crippen LogP contribution is 2.50. The second kappa shape index (κ2) is 27.3. The van der Waals surface area contributed by atoms with Crippen LogP contribution in [0.4, 0.5) is 34.1 Å². The van der Waals surface area contributed by atoms with Crippen molar-refractivity contribution in [2.45, 2.75) is 6.32 Å². The van der Waals surface area contributed by atoms with Crippen molar-refractivity contribution in [1.82, 2.24) is 29.9 Å². The first kappa shape index (κ1) is 62.4. The molecule has 9 nitrogen and oxygen atoms in total. The summed E-state index contributed by atoms with van der Waals surface area (Å²) in [6.45, 7) is 0.167. The summed E-state index contributed by atoms with van der Waals surface area (Å²) in [5.74, 6) is 3.92. The molecule has 484 valence electrons. The molecule has 0 fully saturated rings. The van der Waals surface area contributed by atoms with Crippen molar-refractivity contribution in [3.8, 4) is 113 Å². The average Bonchev–Trinajstić information content (AvgIpc) is 0.712. The first-order chi connectivity index (χ1) is 51.0. The molecule has 0 radical (unpaired) electrons. The van der Waals surface area contributed by atoms with Gasteiger partial charge in [-0.2, -0.15) is 0 Å². The van der Waals surface area contributed by atoms with E-state index in [2.05, 4.69) is 254 Å². The lowest BCUT2D eigenvalue weighted by Crippen LogP contribution is -2.61. The van der Waals surface area contributed by atoms with Gasteiger partial charge in [0.1, 0.15) is 0 Å². The van der Waals surface area contributed by atoms with Gasteiger partial charge in [0.05, 0.1) is 0 Å². The number of rotatable bonds is 9. The Hall–Kier alpha value is -12.9. The van der Waals surface area contributed by atoms with Gasteiger partial charge in [-0.15, -0.1) is 0 Å². The zero-order chi connectivity index (χ0) is 68.6. The monoisotopic (exact) mass is 1380 g/mol. The van der Waals surface area contributed by atoms with Crippen LogP contribution in [0.15, 0.2) is 368 Å². The maximum Gasteiger partial charge on any atom is 0.421 e. The van der Waals surface area contributed by atoms with E-state index >= 15 is 0 Å². The van der Waals surface area contributed by atoms with Crippen molar-refractivity contribution in [2.75, 3.05) is 14.4 Å². The molecule has 20 rings (SSSR count). The fraction of sp³-hybridized carbons (Fsp3) is 0.0110. The number of halogens is 1. The van der Waals surface area contributed by atoms with E-state index in [1.165, 1.54) is 78.1 Å². The van der Waals surface area contributed by atoms with Crippen molar-refractivity contribution in [3.05, 3.63) is 374 Å². The molecule has 103 heavy (non-hydrogen) atoms. The number of para-hydroxylation sites is 5. The second-order valence-corrected chi connectivity index (χ2v) is 26.7. The number of nitrogens with zero attached hydrogens (tertiary/aromatic N) is 9. The fourth-order valence-corrected chi connectivity index (χ4v) is 15.5. The minimum Gasteiger partial charge on any atom is -0.381 e. The van der Waals surface area contributed by atoms with Gasteiger partial charge in [0.15, 0.2) is 34.9 Å². The molecular formula is C91H62B2BrN9. The highest BCUT2D eigenvalue weighted by atomic mass is 79.9. The third kappa shape index (κ3) is 11.8. The minimum atomic E-state index is -0.156. The van der Waals surface area contributed by atoms with Crippen molar-refractivity contribution < 1.29 is 0 Å². The molecule has 4 aliphatic heterocycles. The van der Waals surface area contributed by atoms with Crippen LogP contribution in [0.1, 0.15) is 5.56 Å². The molecule has 2 aromatic heterocycles. The summed E-state index contributed by atoms with van der Waals surface area (Å²) in [6, 6.07) is 127. The maximum atomic E-state index is 5.07. The predicted octanol–water partition coefficient (Wildman–Crippen LogP) is 21.3. The van der Waals surface area contributed by atoms with Crippen LogP contribution in [0, 0.1) is 0 Å². The van der Waals surface area contributed by atoms with Crippen LogP contribution >= 0.6 is 15.9 Å². The Balaban J connectivity index is 0.000000122. The van der Waals surface area contributed by atoms with Gasteiger partial charge in [-0.05, 0) is 117 Å². The predicted molar refractivity (Wildman–Crippen MR) is 428 cm³/mol. The van der Waals surface area contributed by atoms with E-state index in [9.17, 15) is 0 Å². The lowest BCUT2D eigenvalue weighted by atomic mass is 9.43. The van der Waals surface area contributed by atoms with E-state index in [0.29, 0.717) is 41.8 Å². The normalized spacial score (nSPS) is 12.4. The van der Waals surface area contributed by atoms with Crippen molar-refractivity contribution in [3.63, 3.8) is 0 Å². The SMILES string of the molecule is Brc1cccc(-c2nc(-c3ccccc3)nc(-c3ccccc3)n2)c1.c1ccc(-c2nc(-c3ccccc3)nc(-c3cccc(N4B5c6c(cccc6-c6ccccc64)-c4ccccc4N5c4ccccc4)c3)n2)cc1.c1ccc(N2B3Cc4ccccc4-c4cccc(c43)-c3ccccc32)cc1. The van der Waals surface area contributed by atoms with Gasteiger partial charge in [-0.25, -0.2) is 29.9 Å². The minimum absolute atomic E-state index is 0.156. The quantitative estimate of drug-likeness (QED) is 0.131. The number of hydrogen-bond donors (Lipinski definition) is 0. The molecule has 0 N–H and O–H groups in total. The molecule has 0 spiro atoms. The Morgan fingerprint density at radius 2 is 0.524 bits per heavy atom. The molecule has 14 aromatic carbocycles. The van der Waals surface area contributed by atoms with Gasteiger partial charge >= 0.3 is 6.98 Å². The van der Waals surface area contributed by atoms with Crippen LogP contribution in [-0.2, 0) is 6.32 Å². The number of hydrogen-bond acceptors (Lipinski definition) is 9. The van der Waals surface area contributed by atoms with Crippen molar-refractivity contribution in [2.24, 2.45) is 0 Å². The highest BCUT2D eigenvalue weighted by Gasteiger charge is 2.47. The van der Waals surface area contributed by atoms with Gasteiger partial charge in [-0.1, -0.05) is 313 Å². The van der Waals surface area contributed by atoms with E-state index in [1.54, 1.807) is 0 Å². The topological polar surface area (TPSA) is 87.1 Å². The molecule has 4 aliphatic rings. The molecule has 0 aliphatic carbocycles. The van der Waals surface area contributed by atoms with Gasteiger partial charge in [-0.3, -0.25) is 0 Å². The van der Waals surface area contributed by atoms with Gasteiger partial charge in [0.2, 0.25) is 0 Å². The van der Waals surface area contributed by atoms with E-state index < -0.39 is 0 Å². The van der Waals surface area contributed by atoms with Crippen LogP contribution in [-0.4, -0.2) is 43.7 Å². The van der Waals surface area contributed by atoms with Crippen molar-refractivity contribution >= 4 is 74.8 Å². The molecule has 0 saturated heterocycles. The summed E-state index contributed by atoms with van der Waals surface area (Å²) < 4.78 is 0.993. The third-order valence-corrected chi connectivity index (χ3v) is 20.1. The standard InChI is InChI=1S/C45H30BN5.C25H18BN.C21H14BrN3/c1-4-16-31(17-5-1)43-47-44(32-18-6-2-7-19-32)49-45(48-43)33-20-14-23-35(30-33)51-41-29-13-11-25-37(41)39-27-15-26-38-36-24-10-12-28-40(36)50(46(51)42(38)39)34-21-8-3-9-22-34;1-2-10-19(11-3-1)27-24-16-7-6-13-21(24)23-15-8-14-22-20-12-5-4-9-18(20)17-26(27)25(22)23;22-18-13-7-12-17(14-18)21-24-19(15-8-3-1-4-9-15)23-20(25-21)16-10-5-2-6-11-16/h1-30H;1-16H,17H2;1-14H. The van der Waals surface area contributed by atoms with Gasteiger partial charge in [0.25, 0.3) is 6.85 Å². The van der Waals surface area contributed by atoms with Crippen LogP contribution in [0.5, 0.6) is 0 Å². The third-order valence-electron chi connectivity index (χ3n) is 19.6. The molecule has 0 amide bonds. The van der Waals surface area contributed by atoms with Crippen LogP contribution in [0.25, 0.3) is 113 Å². The largest absolute Gasteiger partial charge is 0.421 e. The number of anilines is 6. The number of aromatic nitrogens is 6. The Morgan fingerprint density at radius 1 is 0.233 bits per heavy atom. The average molecular weight is 1380 g/mol. The zero-order valence-corrected chi connectivity index (χ0v) is 57.5. The van der Waals surface area contributed by atoms with Gasteiger partial charge < -0.3 is 14.4 Å². The Morgan fingerprint density at radius 3 is 0.971 bits per heavy atom. The Labute approximate surface area is 608 Å². The molecule has 0 unspecified atom stereocenters. The summed E-state index contributed by atoms with van der Waals surface area (Å²) in [6.07, 6.45) is 1.03. The summed E-state index contributed by atoms with van der Waals surface area (Å²) in [5, 5.41) is 0. The van der Waals surface area contributed by atoms with Crippen molar-refractivity contribution in [1.29, 1.82) is 0 Å². The molecule has 0 saturated carbocycles. The van der Waals surface area contributed by atoms with E-state index in [1.807, 2.05) is 146 Å². The molecule has 0 atom stereocenters. The summed E-state index contributed by atoms with van der Waals surface area (Å²) >= 11 is 3.52. The van der Waals surface area contributed by atoms with E-state index in [0.717, 1.165) is 61.2 Å². The van der Waals surface area contributed by atoms with Gasteiger partial charge in [0, 0.05) is 88.7 Å². The summed E-state index contributed by atoms with van der Waals surface area (Å²) in [4.78, 5) is 36.7. The molecule has 0 bridgehead atoms. The first-order valence-corrected chi connectivity index (χ1v) is 35.5. The summed E-state index contributed by atoms with van der Waals surface area (Å²) in [7, 11) is 0. The maximum absolute atomic E-state index is 5.07. The first-order valence-electron chi connectivity index (χ1n) is 34.7. The number of benzene rings is 14. The molecule has 16 aromatic rings. The van der Waals surface area contributed by atoms with E-state index in [-0.39, 0.29) is 6.98 Å². The zero-order valence-electron chi connectivity index (χ0n) is 55.9. The number of fused-ring (bicyclic) bond motifs is 8. The van der Waals surface area contributed by atoms with Crippen LogP contribution in [0.2, 0.25) is 0 Å². The Kier molecular flexibility index (Phi) is 16.5. The smallest absolute Gasteiger partial charge is 0.381 e.